The highest BCUT2D eigenvalue weighted by atomic mass is 16.2. The molecule has 0 spiro atoms. The van der Waals surface area contributed by atoms with E-state index in [0.29, 0.717) is 5.56 Å². The van der Waals surface area contributed by atoms with Crippen LogP contribution in [-0.4, -0.2) is 24.6 Å². The predicted octanol–water partition coefficient (Wildman–Crippen LogP) is 3.26. The smallest absolute Gasteiger partial charge is 0.260 e. The van der Waals surface area contributed by atoms with E-state index in [1.165, 1.54) is 4.90 Å². The minimum atomic E-state index is -0.341. The number of rotatable bonds is 4. The highest BCUT2D eigenvalue weighted by Crippen LogP contribution is 2.36. The molecule has 0 aromatic heterocycles. The molecule has 2 amide bonds. The number of hydrogen-bond donors (Lipinski definition) is 1. The number of anilines is 1. The van der Waals surface area contributed by atoms with Crippen LogP contribution in [-0.2, 0) is 4.79 Å². The molecule has 1 N–H and O–H groups in total. The SMILES string of the molecule is Cc1cccc(/C=N\NC(=O)CN2C(=O)c3cccc4cccc2c34)c1. The Morgan fingerprint density at radius 1 is 1.12 bits per heavy atom. The number of hydrogen-bond acceptors (Lipinski definition) is 3. The van der Waals surface area contributed by atoms with Gasteiger partial charge in [0.05, 0.1) is 11.9 Å². The van der Waals surface area contributed by atoms with Gasteiger partial charge < -0.3 is 0 Å². The molecule has 1 aliphatic rings. The number of carbonyl (C=O) groups excluding carboxylic acids is 2. The van der Waals surface area contributed by atoms with Gasteiger partial charge in [-0.25, -0.2) is 5.43 Å². The first-order valence-electron chi connectivity index (χ1n) is 8.36. The van der Waals surface area contributed by atoms with Crippen molar-refractivity contribution in [2.45, 2.75) is 6.92 Å². The summed E-state index contributed by atoms with van der Waals surface area (Å²) in [5.41, 5.74) is 5.91. The third kappa shape index (κ3) is 2.84. The average Bonchev–Trinajstić information content (AvgIpc) is 2.90. The molecule has 0 fully saturated rings. The van der Waals surface area contributed by atoms with Gasteiger partial charge in [0.2, 0.25) is 0 Å². The minimum Gasteiger partial charge on any atom is -0.298 e. The van der Waals surface area contributed by atoms with Crippen LogP contribution >= 0.6 is 0 Å². The van der Waals surface area contributed by atoms with Crippen LogP contribution in [0.4, 0.5) is 5.69 Å². The lowest BCUT2D eigenvalue weighted by molar-refractivity contribution is -0.119. The molecular weight excluding hydrogens is 326 g/mol. The van der Waals surface area contributed by atoms with Crippen molar-refractivity contribution in [1.29, 1.82) is 0 Å². The van der Waals surface area contributed by atoms with Crippen LogP contribution in [0.5, 0.6) is 0 Å². The fourth-order valence-corrected chi connectivity index (χ4v) is 3.24. The first kappa shape index (κ1) is 16.0. The average molecular weight is 343 g/mol. The van der Waals surface area contributed by atoms with Crippen molar-refractivity contribution in [3.63, 3.8) is 0 Å². The van der Waals surface area contributed by atoms with Gasteiger partial charge in [0.1, 0.15) is 6.54 Å². The second kappa shape index (κ2) is 6.44. The van der Waals surface area contributed by atoms with Crippen LogP contribution in [0.15, 0.2) is 65.8 Å². The Morgan fingerprint density at radius 3 is 2.69 bits per heavy atom. The fraction of sp³-hybridized carbons (Fsp3) is 0.0952. The zero-order valence-electron chi connectivity index (χ0n) is 14.3. The minimum absolute atomic E-state index is 0.0716. The molecule has 128 valence electrons. The van der Waals surface area contributed by atoms with Crippen molar-refractivity contribution in [2.75, 3.05) is 11.4 Å². The third-order valence-electron chi connectivity index (χ3n) is 4.40. The maximum Gasteiger partial charge on any atom is 0.260 e. The third-order valence-corrected chi connectivity index (χ3v) is 4.40. The Labute approximate surface area is 150 Å². The summed E-state index contributed by atoms with van der Waals surface area (Å²) in [6.45, 7) is 1.92. The van der Waals surface area contributed by atoms with E-state index in [-0.39, 0.29) is 18.4 Å². The summed E-state index contributed by atoms with van der Waals surface area (Å²) in [6.07, 6.45) is 1.59. The lowest BCUT2D eigenvalue weighted by atomic mass is 10.1. The molecule has 0 atom stereocenters. The maximum absolute atomic E-state index is 12.7. The van der Waals surface area contributed by atoms with Gasteiger partial charge in [-0.2, -0.15) is 5.10 Å². The van der Waals surface area contributed by atoms with Crippen molar-refractivity contribution < 1.29 is 9.59 Å². The molecule has 0 saturated heterocycles. The van der Waals surface area contributed by atoms with Gasteiger partial charge in [0.25, 0.3) is 11.8 Å². The van der Waals surface area contributed by atoms with Gasteiger partial charge in [0.15, 0.2) is 0 Å². The van der Waals surface area contributed by atoms with Crippen LogP contribution in [0.25, 0.3) is 10.8 Å². The van der Waals surface area contributed by atoms with E-state index in [1.807, 2.05) is 61.5 Å². The molecule has 0 radical (unpaired) electrons. The molecule has 26 heavy (non-hydrogen) atoms. The van der Waals surface area contributed by atoms with E-state index < -0.39 is 0 Å². The highest BCUT2D eigenvalue weighted by molar-refractivity contribution is 6.26. The molecule has 5 nitrogen and oxygen atoms in total. The van der Waals surface area contributed by atoms with Gasteiger partial charge in [0, 0.05) is 10.9 Å². The van der Waals surface area contributed by atoms with Crippen molar-refractivity contribution in [1.82, 2.24) is 5.43 Å². The molecule has 1 heterocycles. The molecule has 4 rings (SSSR count). The first-order chi connectivity index (χ1) is 12.6. The maximum atomic E-state index is 12.7. The Morgan fingerprint density at radius 2 is 1.88 bits per heavy atom. The van der Waals surface area contributed by atoms with Crippen molar-refractivity contribution in [2.24, 2.45) is 5.10 Å². The molecule has 3 aromatic rings. The van der Waals surface area contributed by atoms with E-state index in [0.717, 1.165) is 27.6 Å². The van der Waals surface area contributed by atoms with Gasteiger partial charge in [-0.3, -0.25) is 14.5 Å². The summed E-state index contributed by atoms with van der Waals surface area (Å²) in [6, 6.07) is 19.1. The highest BCUT2D eigenvalue weighted by Gasteiger charge is 2.30. The molecule has 5 heteroatoms. The molecule has 0 saturated carbocycles. The van der Waals surface area contributed by atoms with Gasteiger partial charge in [-0.1, -0.05) is 54.1 Å². The number of amides is 2. The van der Waals surface area contributed by atoms with E-state index in [9.17, 15) is 9.59 Å². The standard InChI is InChI=1S/C21H17N3O2/c1-14-5-2-6-15(11-14)12-22-23-19(25)13-24-18-10-4-8-16-7-3-9-17(20(16)18)21(24)26/h2-12H,13H2,1H3,(H,23,25)/b22-12-. The summed E-state index contributed by atoms with van der Waals surface area (Å²) < 4.78 is 0. The molecule has 1 aliphatic heterocycles. The summed E-state index contributed by atoms with van der Waals surface area (Å²) >= 11 is 0. The van der Waals surface area contributed by atoms with Gasteiger partial charge in [-0.15, -0.1) is 0 Å². The van der Waals surface area contributed by atoms with Crippen LogP contribution in [0.1, 0.15) is 21.5 Å². The Bertz CT molecular complexity index is 1050. The zero-order valence-corrected chi connectivity index (χ0v) is 14.3. The lowest BCUT2D eigenvalue weighted by Gasteiger charge is -2.16. The Hall–Kier alpha value is -3.47. The van der Waals surface area contributed by atoms with E-state index in [4.69, 9.17) is 0 Å². The van der Waals surface area contributed by atoms with Gasteiger partial charge in [-0.05, 0) is 30.0 Å². The summed E-state index contributed by atoms with van der Waals surface area (Å²) in [5.74, 6) is -0.498. The summed E-state index contributed by atoms with van der Waals surface area (Å²) in [5, 5.41) is 5.88. The number of aryl methyl sites for hydroxylation is 1. The molecule has 0 bridgehead atoms. The molecular formula is C21H17N3O2. The molecule has 0 unspecified atom stereocenters. The number of carbonyl (C=O) groups is 2. The van der Waals surface area contributed by atoms with E-state index >= 15 is 0 Å². The van der Waals surface area contributed by atoms with Crippen molar-refractivity contribution in [3.8, 4) is 0 Å². The second-order valence-electron chi connectivity index (χ2n) is 6.28. The number of hydrazone groups is 1. The largest absolute Gasteiger partial charge is 0.298 e. The monoisotopic (exact) mass is 343 g/mol. The molecule has 0 aliphatic carbocycles. The number of benzene rings is 3. The quantitative estimate of drug-likeness (QED) is 0.584. The van der Waals surface area contributed by atoms with Crippen LogP contribution in [0, 0.1) is 6.92 Å². The second-order valence-corrected chi connectivity index (χ2v) is 6.28. The topological polar surface area (TPSA) is 61.8 Å². The Balaban J connectivity index is 1.49. The number of nitrogens with one attached hydrogen (secondary N) is 1. The van der Waals surface area contributed by atoms with Crippen LogP contribution in [0.3, 0.4) is 0 Å². The van der Waals surface area contributed by atoms with Crippen molar-refractivity contribution in [3.05, 3.63) is 77.4 Å². The molecule has 3 aromatic carbocycles. The van der Waals surface area contributed by atoms with Crippen LogP contribution in [0.2, 0.25) is 0 Å². The normalized spacial score (nSPS) is 13.0. The zero-order chi connectivity index (χ0) is 18.1. The Kier molecular flexibility index (Phi) is 3.97. The summed E-state index contributed by atoms with van der Waals surface area (Å²) in [4.78, 5) is 26.4. The van der Waals surface area contributed by atoms with E-state index in [1.54, 1.807) is 12.3 Å². The number of nitrogens with zero attached hydrogens (tertiary/aromatic N) is 2. The van der Waals surface area contributed by atoms with Gasteiger partial charge >= 0.3 is 0 Å². The van der Waals surface area contributed by atoms with Crippen LogP contribution < -0.4 is 10.3 Å². The lowest BCUT2D eigenvalue weighted by Crippen LogP contribution is -2.37. The summed E-state index contributed by atoms with van der Waals surface area (Å²) in [7, 11) is 0. The van der Waals surface area contributed by atoms with Crippen molar-refractivity contribution >= 4 is 34.5 Å². The fourth-order valence-electron chi connectivity index (χ4n) is 3.24. The first-order valence-corrected chi connectivity index (χ1v) is 8.36. The predicted molar refractivity (Wildman–Crippen MR) is 103 cm³/mol. The van der Waals surface area contributed by atoms with E-state index in [2.05, 4.69) is 10.5 Å².